The lowest BCUT2D eigenvalue weighted by Crippen LogP contribution is -2.35. The monoisotopic (exact) mass is 320 g/mol. The van der Waals surface area contributed by atoms with Gasteiger partial charge in [0.2, 0.25) is 0 Å². The van der Waals surface area contributed by atoms with E-state index in [1.54, 1.807) is 32.0 Å². The lowest BCUT2D eigenvalue weighted by atomic mass is 9.93. The largest absolute Gasteiger partial charge is 0.493 e. The molecule has 0 radical (unpaired) electrons. The first kappa shape index (κ1) is 16.0. The Hall–Kier alpha value is -1.37. The highest BCUT2D eigenvalue weighted by atomic mass is 32.2. The third-order valence-corrected chi connectivity index (χ3v) is 3.54. The number of fused-ring (bicyclic) bond motifs is 1. The van der Waals surface area contributed by atoms with Crippen LogP contribution in [0.1, 0.15) is 30.6 Å². The molecule has 0 unspecified atom stereocenters. The van der Waals surface area contributed by atoms with Crippen molar-refractivity contribution in [3.05, 3.63) is 23.8 Å². The first-order chi connectivity index (χ1) is 9.66. The van der Waals surface area contributed by atoms with Crippen LogP contribution in [0.5, 0.6) is 11.5 Å². The molecule has 0 spiro atoms. The van der Waals surface area contributed by atoms with E-state index in [0.717, 1.165) is 0 Å². The van der Waals surface area contributed by atoms with Crippen molar-refractivity contribution in [3.63, 3.8) is 0 Å². The van der Waals surface area contributed by atoms with Gasteiger partial charge in [-0.15, -0.1) is 0 Å². The maximum absolute atomic E-state index is 12.0. The van der Waals surface area contributed by atoms with Crippen molar-refractivity contribution in [2.75, 3.05) is 12.4 Å². The number of rotatable bonds is 4. The summed E-state index contributed by atoms with van der Waals surface area (Å²) in [4.78, 5) is 11.9. The summed E-state index contributed by atoms with van der Waals surface area (Å²) >= 11 is -0.129. The lowest BCUT2D eigenvalue weighted by Gasteiger charge is -2.31. The average Bonchev–Trinajstić information content (AvgIpc) is 2.31. The third kappa shape index (κ3) is 4.56. The van der Waals surface area contributed by atoms with Gasteiger partial charge in [0.1, 0.15) is 17.1 Å². The molecule has 21 heavy (non-hydrogen) atoms. The predicted octanol–water partition coefficient (Wildman–Crippen LogP) is 4.06. The average molecular weight is 320 g/mol. The summed E-state index contributed by atoms with van der Waals surface area (Å²) in [5.41, 5.74) is -4.36. The highest BCUT2D eigenvalue weighted by molar-refractivity contribution is 8.00. The molecule has 7 heteroatoms. The van der Waals surface area contributed by atoms with Crippen LogP contribution in [0.2, 0.25) is 0 Å². The van der Waals surface area contributed by atoms with Crippen molar-refractivity contribution < 1.29 is 27.4 Å². The molecular weight excluding hydrogens is 305 g/mol. The molecule has 0 N–H and O–H groups in total. The molecule has 0 aromatic heterocycles. The second-order valence-electron chi connectivity index (χ2n) is 5.26. The van der Waals surface area contributed by atoms with Crippen molar-refractivity contribution >= 4 is 17.5 Å². The Balaban J connectivity index is 1.99. The Labute approximate surface area is 124 Å². The fraction of sp³-hybridized carbons (Fsp3) is 0.500. The quantitative estimate of drug-likeness (QED) is 0.784. The number of carbonyl (C=O) groups excluding carboxylic acids is 1. The lowest BCUT2D eigenvalue weighted by molar-refractivity contribution is -0.0329. The number of halogens is 3. The van der Waals surface area contributed by atoms with Crippen molar-refractivity contribution in [2.24, 2.45) is 0 Å². The van der Waals surface area contributed by atoms with Gasteiger partial charge in [0, 0.05) is 11.8 Å². The number of ketones is 1. The molecule has 3 nitrogen and oxygen atoms in total. The number of Topliss-reactive ketones (excluding diaryl/α,β-unsaturated/α-hetero) is 1. The first-order valence-corrected chi connectivity index (χ1v) is 7.35. The van der Waals surface area contributed by atoms with E-state index in [1.807, 2.05) is 0 Å². The summed E-state index contributed by atoms with van der Waals surface area (Å²) in [5.74, 6) is 0.603. The van der Waals surface area contributed by atoms with Crippen molar-refractivity contribution in [2.45, 2.75) is 31.4 Å². The molecule has 0 saturated carbocycles. The molecule has 1 aliphatic rings. The van der Waals surface area contributed by atoms with Crippen LogP contribution < -0.4 is 9.47 Å². The second kappa shape index (κ2) is 5.79. The molecule has 0 saturated heterocycles. The summed E-state index contributed by atoms with van der Waals surface area (Å²) in [6, 6.07) is 4.70. The number of alkyl halides is 3. The fourth-order valence-corrected chi connectivity index (χ4v) is 2.44. The summed E-state index contributed by atoms with van der Waals surface area (Å²) in [6.07, 6.45) is 0.294. The minimum absolute atomic E-state index is 0.0135. The number of carbonyl (C=O) groups is 1. The summed E-state index contributed by atoms with van der Waals surface area (Å²) < 4.78 is 46.9. The van der Waals surface area contributed by atoms with Gasteiger partial charge in [-0.3, -0.25) is 4.79 Å². The molecule has 0 amide bonds. The standard InChI is InChI=1S/C14H15F3O3S/c1-13(2)8-11(18)10-4-3-9(7-12(10)20-13)19-5-6-21-14(15,16)17/h3-4,7H,5-6,8H2,1-2H3. The molecule has 1 heterocycles. The zero-order valence-corrected chi connectivity index (χ0v) is 12.4. The third-order valence-electron chi connectivity index (χ3n) is 2.84. The molecular formula is C14H15F3O3S. The van der Waals surface area contributed by atoms with Crippen LogP contribution >= 0.6 is 11.8 Å². The minimum atomic E-state index is -4.25. The summed E-state index contributed by atoms with van der Waals surface area (Å²) in [7, 11) is 0. The van der Waals surface area contributed by atoms with Crippen LogP contribution in [0, 0.1) is 0 Å². The molecule has 0 fully saturated rings. The molecule has 1 aromatic carbocycles. The van der Waals surface area contributed by atoms with Gasteiger partial charge in [-0.2, -0.15) is 13.2 Å². The molecule has 0 aliphatic carbocycles. The van der Waals surface area contributed by atoms with E-state index in [1.165, 1.54) is 0 Å². The van der Waals surface area contributed by atoms with E-state index in [2.05, 4.69) is 0 Å². The Kier molecular flexibility index (Phi) is 4.41. The molecule has 1 aliphatic heterocycles. The van der Waals surface area contributed by atoms with E-state index in [4.69, 9.17) is 9.47 Å². The minimum Gasteiger partial charge on any atom is -0.493 e. The Bertz CT molecular complexity index is 541. The molecule has 1 aromatic rings. The topological polar surface area (TPSA) is 35.5 Å². The second-order valence-corrected chi connectivity index (χ2v) is 6.42. The highest BCUT2D eigenvalue weighted by Gasteiger charge is 2.32. The van der Waals surface area contributed by atoms with Gasteiger partial charge in [0.25, 0.3) is 0 Å². The van der Waals surface area contributed by atoms with E-state index in [-0.39, 0.29) is 29.9 Å². The van der Waals surface area contributed by atoms with Gasteiger partial charge >= 0.3 is 5.51 Å². The Morgan fingerprint density at radius 3 is 2.76 bits per heavy atom. The number of hydrogen-bond acceptors (Lipinski definition) is 4. The highest BCUT2D eigenvalue weighted by Crippen LogP contribution is 2.35. The van der Waals surface area contributed by atoms with Crippen LogP contribution in [0.15, 0.2) is 18.2 Å². The Morgan fingerprint density at radius 1 is 1.38 bits per heavy atom. The maximum atomic E-state index is 12.0. The zero-order chi connectivity index (χ0) is 15.7. The number of ether oxygens (including phenoxy) is 2. The van der Waals surface area contributed by atoms with Crippen LogP contribution in [0.3, 0.4) is 0 Å². The van der Waals surface area contributed by atoms with Gasteiger partial charge in [-0.05, 0) is 37.7 Å². The van der Waals surface area contributed by atoms with Crippen LogP contribution in [0.4, 0.5) is 13.2 Å². The number of benzene rings is 1. The molecule has 0 bridgehead atoms. The van der Waals surface area contributed by atoms with Crippen molar-refractivity contribution in [1.82, 2.24) is 0 Å². The van der Waals surface area contributed by atoms with E-state index < -0.39 is 11.1 Å². The predicted molar refractivity (Wildman–Crippen MR) is 74.1 cm³/mol. The fourth-order valence-electron chi connectivity index (χ4n) is 2.04. The SMILES string of the molecule is CC1(C)CC(=O)c2ccc(OCCSC(F)(F)F)cc2O1. The van der Waals surface area contributed by atoms with Crippen molar-refractivity contribution in [1.29, 1.82) is 0 Å². The van der Waals surface area contributed by atoms with E-state index >= 15 is 0 Å². The van der Waals surface area contributed by atoms with Gasteiger partial charge < -0.3 is 9.47 Å². The van der Waals surface area contributed by atoms with Crippen LogP contribution in [-0.4, -0.2) is 29.3 Å². The Morgan fingerprint density at radius 2 is 2.10 bits per heavy atom. The van der Waals surface area contributed by atoms with Gasteiger partial charge in [-0.25, -0.2) is 0 Å². The van der Waals surface area contributed by atoms with Crippen molar-refractivity contribution in [3.8, 4) is 11.5 Å². The molecule has 116 valence electrons. The van der Waals surface area contributed by atoms with E-state index in [0.29, 0.717) is 23.5 Å². The molecule has 2 rings (SSSR count). The maximum Gasteiger partial charge on any atom is 0.441 e. The van der Waals surface area contributed by atoms with Gasteiger partial charge in [-0.1, -0.05) is 0 Å². The molecule has 0 atom stereocenters. The van der Waals surface area contributed by atoms with E-state index in [9.17, 15) is 18.0 Å². The summed E-state index contributed by atoms with van der Waals surface area (Å²) in [5, 5.41) is 0. The number of thioether (sulfide) groups is 1. The normalized spacial score (nSPS) is 17.1. The summed E-state index contributed by atoms with van der Waals surface area (Å²) in [6.45, 7) is 3.54. The van der Waals surface area contributed by atoms with Crippen LogP contribution in [-0.2, 0) is 0 Å². The smallest absolute Gasteiger partial charge is 0.441 e. The van der Waals surface area contributed by atoms with Gasteiger partial charge in [0.15, 0.2) is 5.78 Å². The first-order valence-electron chi connectivity index (χ1n) is 6.36. The van der Waals surface area contributed by atoms with Crippen LogP contribution in [0.25, 0.3) is 0 Å². The van der Waals surface area contributed by atoms with Gasteiger partial charge in [0.05, 0.1) is 18.6 Å². The zero-order valence-electron chi connectivity index (χ0n) is 11.6. The number of hydrogen-bond donors (Lipinski definition) is 0.